The number of fused-ring (bicyclic) bond motifs is 1. The number of aliphatic hydroxyl groups is 1. The average molecular weight is 436 g/mol. The molecule has 1 saturated heterocycles. The van der Waals surface area contributed by atoms with E-state index in [4.69, 9.17) is 0 Å². The molecule has 2 heterocycles. The Kier molecular flexibility index (Phi) is 6.01. The number of benzene rings is 2. The summed E-state index contributed by atoms with van der Waals surface area (Å²) in [5.74, 6) is -0.996. The molecule has 3 aromatic rings. The Labute approximate surface area is 189 Å². The van der Waals surface area contributed by atoms with Gasteiger partial charge in [-0.3, -0.25) is 4.90 Å². The molecule has 6 heteroatoms. The molecule has 3 N–H and O–H groups in total. The molecule has 1 aliphatic rings. The smallest absolute Gasteiger partial charge is 0.352 e. The third-order valence-corrected chi connectivity index (χ3v) is 6.50. The first-order valence-electron chi connectivity index (χ1n) is 11.3. The second-order valence-electron chi connectivity index (χ2n) is 9.84. The summed E-state index contributed by atoms with van der Waals surface area (Å²) in [5.41, 5.74) is 5.35. The molecule has 6 nitrogen and oxygen atoms in total. The van der Waals surface area contributed by atoms with Crippen molar-refractivity contribution in [2.75, 3.05) is 31.1 Å². The van der Waals surface area contributed by atoms with E-state index >= 15 is 0 Å². The molecule has 0 spiro atoms. The first-order chi connectivity index (χ1) is 15.1. The van der Waals surface area contributed by atoms with Crippen molar-refractivity contribution in [2.24, 2.45) is 0 Å². The predicted octanol–water partition coefficient (Wildman–Crippen LogP) is 4.16. The van der Waals surface area contributed by atoms with Crippen molar-refractivity contribution in [2.45, 2.75) is 45.8 Å². The minimum absolute atomic E-state index is 0.136. The number of hydrogen-bond acceptors (Lipinski definition) is 4. The van der Waals surface area contributed by atoms with Gasteiger partial charge in [-0.15, -0.1) is 0 Å². The van der Waals surface area contributed by atoms with E-state index in [-0.39, 0.29) is 17.5 Å². The predicted molar refractivity (Wildman–Crippen MR) is 129 cm³/mol. The first-order valence-corrected chi connectivity index (χ1v) is 11.3. The second kappa shape index (κ2) is 8.60. The highest BCUT2D eigenvalue weighted by atomic mass is 16.4. The monoisotopic (exact) mass is 435 g/mol. The summed E-state index contributed by atoms with van der Waals surface area (Å²) in [4.78, 5) is 19.2. The topological polar surface area (TPSA) is 79.8 Å². The molecule has 32 heavy (non-hydrogen) atoms. The number of aromatic carboxylic acids is 1. The highest BCUT2D eigenvalue weighted by molar-refractivity contribution is 5.97. The summed E-state index contributed by atoms with van der Waals surface area (Å²) >= 11 is 0. The summed E-state index contributed by atoms with van der Waals surface area (Å²) in [6.07, 6.45) is -0.441. The highest BCUT2D eigenvalue weighted by Crippen LogP contribution is 2.28. The Morgan fingerprint density at radius 1 is 1.06 bits per heavy atom. The van der Waals surface area contributed by atoms with Gasteiger partial charge in [-0.2, -0.15) is 0 Å². The van der Waals surface area contributed by atoms with E-state index in [1.807, 2.05) is 30.0 Å². The normalized spacial score (nSPS) is 16.5. The van der Waals surface area contributed by atoms with Gasteiger partial charge in [0.25, 0.3) is 0 Å². The molecule has 1 fully saturated rings. The van der Waals surface area contributed by atoms with Crippen molar-refractivity contribution in [1.29, 1.82) is 0 Å². The number of aliphatic hydroxyl groups excluding tert-OH is 1. The number of nitrogens with zero attached hydrogens (tertiary/aromatic N) is 2. The fraction of sp³-hybridized carbons (Fsp3) is 0.423. The number of hydrogen-bond donors (Lipinski definition) is 3. The standard InChI is InChI=1S/C26H33N3O3/c1-17-5-10-22-20(15-17)21(24(27-22)25(31)32)16-23(30)29-13-11-28(12-14-29)19-8-6-18(7-9-19)26(2,3)4/h5-10,15,23,27,30H,11-14,16H2,1-4H3,(H,31,32). The Bertz CT molecular complexity index is 1100. The molecule has 4 rings (SSSR count). The van der Waals surface area contributed by atoms with Crippen LogP contribution in [0.15, 0.2) is 42.5 Å². The van der Waals surface area contributed by atoms with E-state index in [1.54, 1.807) is 0 Å². The zero-order valence-corrected chi connectivity index (χ0v) is 19.4. The van der Waals surface area contributed by atoms with Crippen LogP contribution in [0.5, 0.6) is 0 Å². The van der Waals surface area contributed by atoms with Crippen molar-refractivity contribution in [3.63, 3.8) is 0 Å². The van der Waals surface area contributed by atoms with Crippen LogP contribution >= 0.6 is 0 Å². The lowest BCUT2D eigenvalue weighted by atomic mass is 9.87. The largest absolute Gasteiger partial charge is 0.477 e. The number of anilines is 1. The van der Waals surface area contributed by atoms with Gasteiger partial charge in [0.15, 0.2) is 0 Å². The molecule has 1 atom stereocenters. The van der Waals surface area contributed by atoms with Gasteiger partial charge in [0, 0.05) is 49.2 Å². The number of carboxylic acids is 1. The summed E-state index contributed by atoms with van der Waals surface area (Å²) < 4.78 is 0. The first kappa shape index (κ1) is 22.4. The zero-order chi connectivity index (χ0) is 23.0. The van der Waals surface area contributed by atoms with Gasteiger partial charge in [0.1, 0.15) is 11.9 Å². The van der Waals surface area contributed by atoms with E-state index in [2.05, 4.69) is 54.9 Å². The number of aromatic nitrogens is 1. The number of nitrogens with one attached hydrogen (secondary N) is 1. The van der Waals surface area contributed by atoms with E-state index in [0.717, 1.165) is 42.6 Å². The van der Waals surface area contributed by atoms with Crippen LogP contribution in [-0.2, 0) is 11.8 Å². The Balaban J connectivity index is 1.44. The minimum Gasteiger partial charge on any atom is -0.477 e. The lowest BCUT2D eigenvalue weighted by molar-refractivity contribution is 0.00117. The van der Waals surface area contributed by atoms with Gasteiger partial charge in [0.2, 0.25) is 0 Å². The third kappa shape index (κ3) is 4.52. The molecular formula is C26H33N3O3. The minimum atomic E-state index is -0.996. The van der Waals surface area contributed by atoms with Crippen LogP contribution in [0.2, 0.25) is 0 Å². The quantitative estimate of drug-likeness (QED) is 0.561. The van der Waals surface area contributed by atoms with E-state index in [0.29, 0.717) is 5.56 Å². The van der Waals surface area contributed by atoms with Gasteiger partial charge >= 0.3 is 5.97 Å². The molecule has 0 radical (unpaired) electrons. The Morgan fingerprint density at radius 3 is 2.31 bits per heavy atom. The molecule has 1 aliphatic heterocycles. The van der Waals surface area contributed by atoms with Crippen LogP contribution < -0.4 is 4.90 Å². The number of aromatic amines is 1. The molecule has 170 valence electrons. The van der Waals surface area contributed by atoms with Crippen LogP contribution in [0.4, 0.5) is 5.69 Å². The van der Waals surface area contributed by atoms with Crippen molar-refractivity contribution in [3.8, 4) is 0 Å². The highest BCUT2D eigenvalue weighted by Gasteiger charge is 2.26. The molecule has 0 bridgehead atoms. The maximum Gasteiger partial charge on any atom is 0.352 e. The third-order valence-electron chi connectivity index (χ3n) is 6.50. The Hall–Kier alpha value is -2.83. The van der Waals surface area contributed by atoms with Crippen molar-refractivity contribution in [1.82, 2.24) is 9.88 Å². The number of rotatable bonds is 5. The lowest BCUT2D eigenvalue weighted by Crippen LogP contribution is -2.51. The average Bonchev–Trinajstić information content (AvgIpc) is 3.11. The number of H-pyrrole nitrogens is 1. The van der Waals surface area contributed by atoms with Crippen LogP contribution in [-0.4, -0.2) is 58.5 Å². The van der Waals surface area contributed by atoms with Crippen LogP contribution in [0.25, 0.3) is 10.9 Å². The van der Waals surface area contributed by atoms with Gasteiger partial charge < -0.3 is 20.1 Å². The number of carboxylic acid groups (broad SMARTS) is 1. The zero-order valence-electron chi connectivity index (χ0n) is 19.4. The molecular weight excluding hydrogens is 402 g/mol. The fourth-order valence-electron chi connectivity index (χ4n) is 4.52. The van der Waals surface area contributed by atoms with Crippen LogP contribution in [0, 0.1) is 6.92 Å². The second-order valence-corrected chi connectivity index (χ2v) is 9.84. The van der Waals surface area contributed by atoms with E-state index in [1.165, 1.54) is 11.3 Å². The van der Waals surface area contributed by atoms with Gasteiger partial charge in [-0.25, -0.2) is 4.79 Å². The summed E-state index contributed by atoms with van der Waals surface area (Å²) in [6, 6.07) is 14.6. The molecule has 0 saturated carbocycles. The van der Waals surface area contributed by atoms with Crippen LogP contribution in [0.1, 0.15) is 48.0 Å². The number of carbonyl (C=O) groups is 1. The maximum absolute atomic E-state index is 11.8. The molecule has 2 aromatic carbocycles. The van der Waals surface area contributed by atoms with Gasteiger partial charge in [-0.05, 0) is 47.7 Å². The molecule has 0 aliphatic carbocycles. The summed E-state index contributed by atoms with van der Waals surface area (Å²) in [7, 11) is 0. The summed E-state index contributed by atoms with van der Waals surface area (Å²) in [6.45, 7) is 11.7. The van der Waals surface area contributed by atoms with Crippen molar-refractivity contribution in [3.05, 3.63) is 64.8 Å². The lowest BCUT2D eigenvalue weighted by Gasteiger charge is -2.38. The fourth-order valence-corrected chi connectivity index (χ4v) is 4.52. The van der Waals surface area contributed by atoms with E-state index < -0.39 is 12.2 Å². The molecule has 1 aromatic heterocycles. The summed E-state index contributed by atoms with van der Waals surface area (Å²) in [5, 5.41) is 21.5. The number of piperazine rings is 1. The Morgan fingerprint density at radius 2 is 1.72 bits per heavy atom. The van der Waals surface area contributed by atoms with Crippen molar-refractivity contribution >= 4 is 22.6 Å². The van der Waals surface area contributed by atoms with E-state index in [9.17, 15) is 15.0 Å². The van der Waals surface area contributed by atoms with Gasteiger partial charge in [0.05, 0.1) is 0 Å². The SMILES string of the molecule is Cc1ccc2[nH]c(C(=O)O)c(CC(O)N3CCN(c4ccc(C(C)(C)C)cc4)CC3)c2c1. The van der Waals surface area contributed by atoms with Gasteiger partial charge in [-0.1, -0.05) is 44.5 Å². The molecule has 1 unspecified atom stereocenters. The van der Waals surface area contributed by atoms with Crippen molar-refractivity contribution < 1.29 is 15.0 Å². The maximum atomic E-state index is 11.8. The molecule has 0 amide bonds. The number of aryl methyl sites for hydroxylation is 1. The van der Waals surface area contributed by atoms with Crippen LogP contribution in [0.3, 0.4) is 0 Å².